The molecule has 0 spiro atoms. The molecular formula is C6H12O4. The van der Waals surface area contributed by atoms with Gasteiger partial charge in [-0.25, -0.2) is 0 Å². The molecule has 0 unspecified atom stereocenters. The molecule has 2 N–H and O–H groups in total. The molecule has 0 radical (unpaired) electrons. The van der Waals surface area contributed by atoms with Crippen molar-refractivity contribution >= 4 is 0 Å². The Hall–Kier alpha value is -0.160. The molecule has 0 amide bonds. The molecule has 3 atom stereocenters. The number of aliphatic hydroxyl groups excluding tert-OH is 2. The van der Waals surface area contributed by atoms with E-state index in [0.29, 0.717) is 0 Å². The van der Waals surface area contributed by atoms with E-state index < -0.39 is 12.4 Å². The third-order valence-corrected chi connectivity index (χ3v) is 1.63. The van der Waals surface area contributed by atoms with Crippen molar-refractivity contribution in [3.8, 4) is 0 Å². The van der Waals surface area contributed by atoms with Crippen LogP contribution in [0.1, 0.15) is 6.42 Å². The highest BCUT2D eigenvalue weighted by molar-refractivity contribution is 4.73. The molecule has 4 nitrogen and oxygen atoms in total. The van der Waals surface area contributed by atoms with Gasteiger partial charge in [-0.15, -0.1) is 0 Å². The van der Waals surface area contributed by atoms with Crippen molar-refractivity contribution in [1.82, 2.24) is 0 Å². The van der Waals surface area contributed by atoms with E-state index in [1.807, 2.05) is 0 Å². The van der Waals surface area contributed by atoms with Crippen molar-refractivity contribution in [1.29, 1.82) is 0 Å². The first kappa shape index (κ1) is 7.94. The summed E-state index contributed by atoms with van der Waals surface area (Å²) in [5, 5.41) is 18.0. The third kappa shape index (κ3) is 1.67. The number of hydrogen-bond donors (Lipinski definition) is 2. The lowest BCUT2D eigenvalue weighted by atomic mass is 10.1. The Kier molecular flexibility index (Phi) is 2.62. The van der Waals surface area contributed by atoms with Gasteiger partial charge in [0.2, 0.25) is 0 Å². The SMILES string of the molecule is CO[C@@H]1CO[C@@H](O)C[C@@H]1O. The fraction of sp³-hybridized carbons (Fsp3) is 1.00. The summed E-state index contributed by atoms with van der Waals surface area (Å²) in [4.78, 5) is 0. The smallest absolute Gasteiger partial charge is 0.157 e. The van der Waals surface area contributed by atoms with Crippen LogP contribution in [-0.4, -0.2) is 42.4 Å². The van der Waals surface area contributed by atoms with Gasteiger partial charge < -0.3 is 19.7 Å². The van der Waals surface area contributed by atoms with E-state index in [-0.39, 0.29) is 19.1 Å². The monoisotopic (exact) mass is 148 g/mol. The Bertz CT molecular complexity index is 106. The zero-order valence-corrected chi connectivity index (χ0v) is 5.86. The van der Waals surface area contributed by atoms with Crippen molar-refractivity contribution in [3.63, 3.8) is 0 Å². The Labute approximate surface area is 59.4 Å². The normalized spacial score (nSPS) is 41.7. The minimum atomic E-state index is -0.832. The van der Waals surface area contributed by atoms with Gasteiger partial charge >= 0.3 is 0 Å². The van der Waals surface area contributed by atoms with Crippen LogP contribution in [0.25, 0.3) is 0 Å². The van der Waals surface area contributed by atoms with Gasteiger partial charge in [0.1, 0.15) is 6.10 Å². The van der Waals surface area contributed by atoms with Crippen molar-refractivity contribution in [2.75, 3.05) is 13.7 Å². The largest absolute Gasteiger partial charge is 0.390 e. The molecule has 0 bridgehead atoms. The van der Waals surface area contributed by atoms with Crippen LogP contribution >= 0.6 is 0 Å². The fourth-order valence-electron chi connectivity index (χ4n) is 0.969. The third-order valence-electron chi connectivity index (χ3n) is 1.63. The van der Waals surface area contributed by atoms with Crippen LogP contribution in [0.4, 0.5) is 0 Å². The van der Waals surface area contributed by atoms with E-state index in [1.165, 1.54) is 7.11 Å². The van der Waals surface area contributed by atoms with E-state index >= 15 is 0 Å². The average molecular weight is 148 g/mol. The maximum absolute atomic E-state index is 9.17. The molecule has 0 aromatic rings. The van der Waals surface area contributed by atoms with Crippen LogP contribution in [0.5, 0.6) is 0 Å². The summed E-state index contributed by atoms with van der Waals surface area (Å²) < 4.78 is 9.69. The number of hydrogen-bond acceptors (Lipinski definition) is 4. The quantitative estimate of drug-likeness (QED) is 0.506. The summed E-state index contributed by atoms with van der Waals surface area (Å²) in [5.41, 5.74) is 0. The summed E-state index contributed by atoms with van der Waals surface area (Å²) in [6.07, 6.45) is -1.49. The molecule has 1 aliphatic heterocycles. The summed E-state index contributed by atoms with van der Waals surface area (Å²) in [6, 6.07) is 0. The molecule has 1 fully saturated rings. The van der Waals surface area contributed by atoms with Crippen LogP contribution < -0.4 is 0 Å². The molecule has 0 aromatic carbocycles. The van der Waals surface area contributed by atoms with Gasteiger partial charge in [-0.1, -0.05) is 0 Å². The Morgan fingerprint density at radius 1 is 1.50 bits per heavy atom. The second-order valence-corrected chi connectivity index (χ2v) is 2.37. The number of ether oxygens (including phenoxy) is 2. The molecule has 1 rings (SSSR count). The average Bonchev–Trinajstić information content (AvgIpc) is 1.88. The predicted molar refractivity (Wildman–Crippen MR) is 33.4 cm³/mol. The van der Waals surface area contributed by atoms with Crippen LogP contribution in [0.15, 0.2) is 0 Å². The Morgan fingerprint density at radius 2 is 2.20 bits per heavy atom. The van der Waals surface area contributed by atoms with Crippen LogP contribution in [0.3, 0.4) is 0 Å². The van der Waals surface area contributed by atoms with Crippen molar-refractivity contribution < 1.29 is 19.7 Å². The molecule has 1 saturated heterocycles. The van der Waals surface area contributed by atoms with Gasteiger partial charge in [0.25, 0.3) is 0 Å². The minimum absolute atomic E-state index is 0.235. The molecule has 1 aliphatic rings. The molecule has 1 heterocycles. The van der Waals surface area contributed by atoms with E-state index in [4.69, 9.17) is 14.6 Å². The van der Waals surface area contributed by atoms with Gasteiger partial charge in [0.15, 0.2) is 6.29 Å². The second-order valence-electron chi connectivity index (χ2n) is 2.37. The fourth-order valence-corrected chi connectivity index (χ4v) is 0.969. The van der Waals surface area contributed by atoms with Gasteiger partial charge in [0.05, 0.1) is 12.7 Å². The molecule has 0 aliphatic carbocycles. The van der Waals surface area contributed by atoms with E-state index in [0.717, 1.165) is 0 Å². The first-order valence-corrected chi connectivity index (χ1v) is 3.24. The van der Waals surface area contributed by atoms with Crippen LogP contribution in [-0.2, 0) is 9.47 Å². The van der Waals surface area contributed by atoms with Gasteiger partial charge in [-0.05, 0) is 0 Å². The molecular weight excluding hydrogens is 136 g/mol. The zero-order chi connectivity index (χ0) is 7.56. The van der Waals surface area contributed by atoms with Crippen molar-refractivity contribution in [2.45, 2.75) is 24.9 Å². The summed E-state index contributed by atoms with van der Waals surface area (Å²) >= 11 is 0. The van der Waals surface area contributed by atoms with Gasteiger partial charge in [-0.3, -0.25) is 0 Å². The lowest BCUT2D eigenvalue weighted by Crippen LogP contribution is -2.42. The maximum Gasteiger partial charge on any atom is 0.157 e. The Morgan fingerprint density at radius 3 is 2.70 bits per heavy atom. The van der Waals surface area contributed by atoms with Crippen molar-refractivity contribution in [3.05, 3.63) is 0 Å². The number of methoxy groups -OCH3 is 1. The lowest BCUT2D eigenvalue weighted by Gasteiger charge is -2.29. The standard InChI is InChI=1S/C6H12O4/c1-9-5-3-10-6(8)2-4(5)7/h4-8H,2-3H2,1H3/t4-,5+,6+/m0/s1. The topological polar surface area (TPSA) is 58.9 Å². The van der Waals surface area contributed by atoms with Gasteiger partial charge in [-0.2, -0.15) is 0 Å². The minimum Gasteiger partial charge on any atom is -0.390 e. The van der Waals surface area contributed by atoms with E-state index in [1.54, 1.807) is 0 Å². The van der Waals surface area contributed by atoms with Gasteiger partial charge in [0, 0.05) is 13.5 Å². The first-order valence-electron chi connectivity index (χ1n) is 3.24. The van der Waals surface area contributed by atoms with Crippen LogP contribution in [0.2, 0.25) is 0 Å². The molecule has 4 heteroatoms. The Balaban J connectivity index is 2.36. The first-order chi connectivity index (χ1) is 4.74. The zero-order valence-electron chi connectivity index (χ0n) is 5.86. The molecule has 0 saturated carbocycles. The molecule has 10 heavy (non-hydrogen) atoms. The van der Waals surface area contributed by atoms with E-state index in [9.17, 15) is 5.11 Å². The van der Waals surface area contributed by atoms with Crippen molar-refractivity contribution in [2.24, 2.45) is 0 Å². The lowest BCUT2D eigenvalue weighted by molar-refractivity contribution is -0.200. The van der Waals surface area contributed by atoms with E-state index in [2.05, 4.69) is 0 Å². The highest BCUT2D eigenvalue weighted by Gasteiger charge is 2.28. The maximum atomic E-state index is 9.17. The summed E-state index contributed by atoms with van der Waals surface area (Å²) in [5.74, 6) is 0. The second kappa shape index (κ2) is 3.30. The van der Waals surface area contributed by atoms with Crippen LogP contribution in [0, 0.1) is 0 Å². The molecule has 60 valence electrons. The summed E-state index contributed by atoms with van der Waals surface area (Å²) in [7, 11) is 1.51. The number of rotatable bonds is 1. The summed E-state index contributed by atoms with van der Waals surface area (Å²) in [6.45, 7) is 0.263. The highest BCUT2D eigenvalue weighted by Crippen LogP contribution is 2.13. The number of aliphatic hydroxyl groups is 2. The highest BCUT2D eigenvalue weighted by atomic mass is 16.6. The predicted octanol–water partition coefficient (Wildman–Crippen LogP) is -0.899. The molecule has 0 aromatic heterocycles.